The van der Waals surface area contributed by atoms with E-state index in [2.05, 4.69) is 15.0 Å². The highest BCUT2D eigenvalue weighted by atomic mass is 32.2. The molecule has 0 amide bonds. The number of sulfonamides is 1. The summed E-state index contributed by atoms with van der Waals surface area (Å²) in [5.74, 6) is 0.353. The molecule has 2 N–H and O–H groups in total. The Balaban J connectivity index is 1.94. The normalized spacial score (nSPS) is 17.4. The van der Waals surface area contributed by atoms with Crippen LogP contribution >= 0.6 is 0 Å². The monoisotopic (exact) mass is 269 g/mol. The molecule has 6 heteroatoms. The topological polar surface area (TPSA) is 71.1 Å². The number of nitrogens with zero attached hydrogens (tertiary/aromatic N) is 1. The second kappa shape index (κ2) is 5.56. The maximum atomic E-state index is 11.0. The number of nitrogens with one attached hydrogen (secondary N) is 2. The van der Waals surface area contributed by atoms with Gasteiger partial charge in [-0.05, 0) is 25.0 Å². The van der Waals surface area contributed by atoms with Gasteiger partial charge in [-0.1, -0.05) is 19.3 Å². The Kier molecular flexibility index (Phi) is 4.06. The van der Waals surface area contributed by atoms with Gasteiger partial charge in [0.25, 0.3) is 0 Å². The van der Waals surface area contributed by atoms with Gasteiger partial charge < -0.3 is 5.32 Å². The third-order valence-corrected chi connectivity index (χ3v) is 3.61. The van der Waals surface area contributed by atoms with Crippen LogP contribution in [-0.4, -0.2) is 25.7 Å². The maximum Gasteiger partial charge on any atom is 0.230 e. The van der Waals surface area contributed by atoms with Gasteiger partial charge in [-0.3, -0.25) is 4.72 Å². The van der Waals surface area contributed by atoms with Crippen LogP contribution in [0.4, 0.5) is 11.5 Å². The van der Waals surface area contributed by atoms with E-state index in [0.717, 1.165) is 11.9 Å². The predicted molar refractivity (Wildman–Crippen MR) is 73.2 cm³/mol. The fourth-order valence-electron chi connectivity index (χ4n) is 2.21. The average molecular weight is 269 g/mol. The average Bonchev–Trinajstić information content (AvgIpc) is 2.31. The Morgan fingerprint density at radius 3 is 2.50 bits per heavy atom. The molecule has 0 radical (unpaired) electrons. The van der Waals surface area contributed by atoms with Crippen LogP contribution in [0.15, 0.2) is 18.3 Å². The van der Waals surface area contributed by atoms with Crippen molar-refractivity contribution in [1.82, 2.24) is 4.98 Å². The first kappa shape index (κ1) is 13.1. The lowest BCUT2D eigenvalue weighted by atomic mass is 9.95. The molecule has 18 heavy (non-hydrogen) atoms. The minimum atomic E-state index is -3.25. The van der Waals surface area contributed by atoms with Crippen molar-refractivity contribution in [2.45, 2.75) is 38.1 Å². The lowest BCUT2D eigenvalue weighted by Crippen LogP contribution is -2.22. The molecule has 0 saturated heterocycles. The van der Waals surface area contributed by atoms with Crippen LogP contribution in [0.1, 0.15) is 32.1 Å². The van der Waals surface area contributed by atoms with Gasteiger partial charge in [-0.15, -0.1) is 0 Å². The molecule has 1 aliphatic rings. The highest BCUT2D eigenvalue weighted by molar-refractivity contribution is 7.92. The number of pyridine rings is 1. The summed E-state index contributed by atoms with van der Waals surface area (Å²) in [4.78, 5) is 4.08. The number of hydrogen-bond acceptors (Lipinski definition) is 4. The quantitative estimate of drug-likeness (QED) is 0.879. The molecule has 1 fully saturated rings. The zero-order valence-electron chi connectivity index (χ0n) is 10.5. The zero-order valence-corrected chi connectivity index (χ0v) is 11.3. The highest BCUT2D eigenvalue weighted by Crippen LogP contribution is 2.21. The van der Waals surface area contributed by atoms with Crippen molar-refractivity contribution in [2.75, 3.05) is 16.3 Å². The fourth-order valence-corrected chi connectivity index (χ4v) is 2.71. The first-order chi connectivity index (χ1) is 8.53. The summed E-state index contributed by atoms with van der Waals surface area (Å²) in [6, 6.07) is 4.05. The van der Waals surface area contributed by atoms with Crippen LogP contribution in [0.25, 0.3) is 0 Å². The van der Waals surface area contributed by atoms with E-state index in [1.165, 1.54) is 32.1 Å². The summed E-state index contributed by atoms with van der Waals surface area (Å²) >= 11 is 0. The van der Waals surface area contributed by atoms with E-state index in [1.807, 2.05) is 6.07 Å². The number of aromatic nitrogens is 1. The minimum Gasteiger partial charge on any atom is -0.381 e. The van der Waals surface area contributed by atoms with Crippen molar-refractivity contribution in [1.29, 1.82) is 0 Å². The van der Waals surface area contributed by atoms with Crippen LogP contribution in [-0.2, 0) is 10.0 Å². The number of anilines is 2. The standard InChI is InChI=1S/C12H19N3O2S/c1-18(16,17)15-12-8-7-11(9-13-12)14-10-5-3-2-4-6-10/h7-10,14H,2-6H2,1H3,(H,13,15). The molecule has 1 aromatic rings. The van der Waals surface area contributed by atoms with Gasteiger partial charge in [0.2, 0.25) is 10.0 Å². The van der Waals surface area contributed by atoms with E-state index < -0.39 is 10.0 Å². The molecule has 0 aromatic carbocycles. The highest BCUT2D eigenvalue weighted by Gasteiger charge is 2.13. The molecule has 0 aliphatic heterocycles. The minimum absolute atomic E-state index is 0.353. The van der Waals surface area contributed by atoms with Gasteiger partial charge in [0, 0.05) is 6.04 Å². The zero-order chi connectivity index (χ0) is 13.0. The Morgan fingerprint density at radius 2 is 1.94 bits per heavy atom. The largest absolute Gasteiger partial charge is 0.381 e. The second-order valence-corrected chi connectivity index (χ2v) is 6.53. The van der Waals surface area contributed by atoms with Crippen LogP contribution < -0.4 is 10.0 Å². The van der Waals surface area contributed by atoms with Gasteiger partial charge in [0.05, 0.1) is 18.1 Å². The maximum absolute atomic E-state index is 11.0. The van der Waals surface area contributed by atoms with Gasteiger partial charge in [0.15, 0.2) is 0 Å². The van der Waals surface area contributed by atoms with E-state index in [9.17, 15) is 8.42 Å². The predicted octanol–water partition coefficient (Wildman–Crippen LogP) is 2.20. The first-order valence-electron chi connectivity index (χ1n) is 6.23. The molecule has 5 nitrogen and oxygen atoms in total. The molecule has 0 bridgehead atoms. The van der Waals surface area contributed by atoms with Crippen molar-refractivity contribution < 1.29 is 8.42 Å². The van der Waals surface area contributed by atoms with Crippen LogP contribution in [0, 0.1) is 0 Å². The van der Waals surface area contributed by atoms with E-state index in [0.29, 0.717) is 11.9 Å². The lowest BCUT2D eigenvalue weighted by molar-refractivity contribution is 0.462. The van der Waals surface area contributed by atoms with Crippen LogP contribution in [0.3, 0.4) is 0 Å². The van der Waals surface area contributed by atoms with Gasteiger partial charge in [-0.25, -0.2) is 13.4 Å². The second-order valence-electron chi connectivity index (χ2n) is 4.79. The molecule has 2 rings (SSSR count). The molecule has 0 unspecified atom stereocenters. The smallest absolute Gasteiger partial charge is 0.230 e. The Labute approximate surface area is 108 Å². The summed E-state index contributed by atoms with van der Waals surface area (Å²) in [5.41, 5.74) is 0.945. The lowest BCUT2D eigenvalue weighted by Gasteiger charge is -2.23. The van der Waals surface area contributed by atoms with Crippen LogP contribution in [0.5, 0.6) is 0 Å². The van der Waals surface area contributed by atoms with Crippen molar-refractivity contribution in [3.05, 3.63) is 18.3 Å². The Morgan fingerprint density at radius 1 is 1.22 bits per heavy atom. The molecule has 0 spiro atoms. The van der Waals surface area contributed by atoms with E-state index in [4.69, 9.17) is 0 Å². The Hall–Kier alpha value is -1.30. The molecule has 1 aliphatic carbocycles. The summed E-state index contributed by atoms with van der Waals surface area (Å²) < 4.78 is 24.4. The van der Waals surface area contributed by atoms with Gasteiger partial charge in [-0.2, -0.15) is 0 Å². The van der Waals surface area contributed by atoms with Gasteiger partial charge >= 0.3 is 0 Å². The number of hydrogen-bond donors (Lipinski definition) is 2. The van der Waals surface area contributed by atoms with E-state index >= 15 is 0 Å². The third kappa shape index (κ3) is 4.18. The molecular formula is C12H19N3O2S. The molecule has 1 saturated carbocycles. The SMILES string of the molecule is CS(=O)(=O)Nc1ccc(NC2CCCCC2)cn1. The fraction of sp³-hybridized carbons (Fsp3) is 0.583. The third-order valence-electron chi connectivity index (χ3n) is 3.03. The molecule has 0 atom stereocenters. The van der Waals surface area contributed by atoms with Gasteiger partial charge in [0.1, 0.15) is 5.82 Å². The van der Waals surface area contributed by atoms with Crippen LogP contribution in [0.2, 0.25) is 0 Å². The number of rotatable bonds is 4. The Bertz CT molecular complexity index is 479. The van der Waals surface area contributed by atoms with E-state index in [1.54, 1.807) is 12.3 Å². The summed E-state index contributed by atoms with van der Waals surface area (Å²) in [6.07, 6.45) is 9.06. The molecule has 1 aromatic heterocycles. The molecule has 100 valence electrons. The van der Waals surface area contributed by atoms with Crippen molar-refractivity contribution >= 4 is 21.5 Å². The van der Waals surface area contributed by atoms with E-state index in [-0.39, 0.29) is 0 Å². The van der Waals surface area contributed by atoms with Crippen molar-refractivity contribution in [3.8, 4) is 0 Å². The van der Waals surface area contributed by atoms with Crippen molar-refractivity contribution in [3.63, 3.8) is 0 Å². The molecule has 1 heterocycles. The summed E-state index contributed by atoms with van der Waals surface area (Å²) in [6.45, 7) is 0. The summed E-state index contributed by atoms with van der Waals surface area (Å²) in [7, 11) is -3.25. The summed E-state index contributed by atoms with van der Waals surface area (Å²) in [5, 5.41) is 3.43. The van der Waals surface area contributed by atoms with Crippen molar-refractivity contribution in [2.24, 2.45) is 0 Å². The molecular weight excluding hydrogens is 250 g/mol. The first-order valence-corrected chi connectivity index (χ1v) is 8.12.